The summed E-state index contributed by atoms with van der Waals surface area (Å²) in [4.78, 5) is 22.1. The highest BCUT2D eigenvalue weighted by Crippen LogP contribution is 2.06. The highest BCUT2D eigenvalue weighted by molar-refractivity contribution is 5.84. The van der Waals surface area contributed by atoms with Crippen molar-refractivity contribution in [2.24, 2.45) is 5.73 Å². The molecule has 0 bridgehead atoms. The van der Waals surface area contributed by atoms with Gasteiger partial charge in [-0.05, 0) is 20.3 Å². The van der Waals surface area contributed by atoms with Gasteiger partial charge in [-0.2, -0.15) is 0 Å². The van der Waals surface area contributed by atoms with Crippen LogP contribution in [0.1, 0.15) is 37.2 Å². The van der Waals surface area contributed by atoms with Gasteiger partial charge >= 0.3 is 5.97 Å². The maximum Gasteiger partial charge on any atom is 0.358 e. The molecule has 0 unspecified atom stereocenters. The van der Waals surface area contributed by atoms with Gasteiger partial charge in [0.1, 0.15) is 0 Å². The number of aromatic carboxylic acids is 1. The predicted octanol–water partition coefficient (Wildman–Crippen LogP) is -0.390. The van der Waals surface area contributed by atoms with Gasteiger partial charge in [0.05, 0.1) is 12.7 Å². The number of aromatic nitrogens is 3. The second kappa shape index (κ2) is 6.28. The maximum atomic E-state index is 11.5. The Morgan fingerprint density at radius 2 is 2.21 bits per heavy atom. The fourth-order valence-electron chi connectivity index (χ4n) is 1.34. The van der Waals surface area contributed by atoms with Gasteiger partial charge in [0.15, 0.2) is 5.69 Å². The zero-order chi connectivity index (χ0) is 14.5. The van der Waals surface area contributed by atoms with Crippen molar-refractivity contribution in [3.05, 3.63) is 11.9 Å². The largest absolute Gasteiger partial charge is 0.476 e. The van der Waals surface area contributed by atoms with E-state index in [0.29, 0.717) is 25.9 Å². The highest BCUT2D eigenvalue weighted by Gasteiger charge is 2.13. The Labute approximate surface area is 111 Å². The zero-order valence-electron chi connectivity index (χ0n) is 11.1. The maximum absolute atomic E-state index is 11.5. The Kier molecular flexibility index (Phi) is 4.99. The molecule has 8 heteroatoms. The van der Waals surface area contributed by atoms with E-state index in [2.05, 4.69) is 15.6 Å². The summed E-state index contributed by atoms with van der Waals surface area (Å²) in [5, 5.41) is 18.5. The third kappa shape index (κ3) is 5.96. The molecule has 1 heterocycles. The number of hydrogen-bond acceptors (Lipinski definition) is 5. The van der Waals surface area contributed by atoms with Crippen LogP contribution < -0.4 is 11.1 Å². The Morgan fingerprint density at radius 1 is 1.53 bits per heavy atom. The number of nitrogens with zero attached hydrogens (tertiary/aromatic N) is 3. The Morgan fingerprint density at radius 3 is 2.74 bits per heavy atom. The molecule has 19 heavy (non-hydrogen) atoms. The first-order valence-corrected chi connectivity index (χ1v) is 5.97. The van der Waals surface area contributed by atoms with Crippen LogP contribution in [0, 0.1) is 0 Å². The number of nitrogens with two attached hydrogens (primary N) is 1. The van der Waals surface area contributed by atoms with Crippen molar-refractivity contribution in [2.45, 2.75) is 38.8 Å². The Hall–Kier alpha value is -1.96. The number of carbonyl (C=O) groups is 2. The molecule has 1 aromatic rings. The SMILES string of the molecule is CC(C)(N)CCC(=O)NCCn1cc(C(=O)O)nn1. The first-order chi connectivity index (χ1) is 8.78. The Balaban J connectivity index is 2.26. The van der Waals surface area contributed by atoms with Crippen LogP contribution in [0.4, 0.5) is 0 Å². The van der Waals surface area contributed by atoms with Crippen LogP contribution in [0.15, 0.2) is 6.20 Å². The molecule has 1 rings (SSSR count). The topological polar surface area (TPSA) is 123 Å². The molecule has 1 amide bonds. The van der Waals surface area contributed by atoms with Crippen molar-refractivity contribution in [2.75, 3.05) is 6.54 Å². The summed E-state index contributed by atoms with van der Waals surface area (Å²) in [7, 11) is 0. The van der Waals surface area contributed by atoms with E-state index in [0.717, 1.165) is 0 Å². The molecule has 1 aromatic heterocycles. The molecule has 0 spiro atoms. The van der Waals surface area contributed by atoms with Crippen LogP contribution in [0.25, 0.3) is 0 Å². The Bertz CT molecular complexity index is 449. The van der Waals surface area contributed by atoms with Gasteiger partial charge in [0, 0.05) is 18.5 Å². The molecule has 0 saturated heterocycles. The normalized spacial score (nSPS) is 11.3. The van der Waals surface area contributed by atoms with Crippen LogP contribution in [-0.2, 0) is 11.3 Å². The van der Waals surface area contributed by atoms with E-state index < -0.39 is 5.97 Å². The molecule has 0 atom stereocenters. The van der Waals surface area contributed by atoms with Crippen LogP contribution in [0.5, 0.6) is 0 Å². The van der Waals surface area contributed by atoms with Crippen LogP contribution in [0.2, 0.25) is 0 Å². The van der Waals surface area contributed by atoms with Gasteiger partial charge in [0.25, 0.3) is 0 Å². The first kappa shape index (κ1) is 15.1. The number of carboxylic acid groups (broad SMARTS) is 1. The minimum absolute atomic E-state index is 0.0860. The standard InChI is InChI=1S/C11H19N5O3/c1-11(2,12)4-3-9(17)13-5-6-16-7-8(10(18)19)14-15-16/h7H,3-6,12H2,1-2H3,(H,13,17)(H,18,19). The van der Waals surface area contributed by atoms with E-state index in [1.807, 2.05) is 13.8 Å². The van der Waals surface area contributed by atoms with Gasteiger partial charge in [-0.25, -0.2) is 9.48 Å². The van der Waals surface area contributed by atoms with Crippen molar-refractivity contribution < 1.29 is 14.7 Å². The van der Waals surface area contributed by atoms with E-state index in [1.54, 1.807) is 0 Å². The van der Waals surface area contributed by atoms with Crippen LogP contribution >= 0.6 is 0 Å². The number of carbonyl (C=O) groups excluding carboxylic acids is 1. The monoisotopic (exact) mass is 269 g/mol. The van der Waals surface area contributed by atoms with E-state index in [-0.39, 0.29) is 17.1 Å². The molecule has 0 aliphatic heterocycles. The van der Waals surface area contributed by atoms with Crippen LogP contribution in [0.3, 0.4) is 0 Å². The smallest absolute Gasteiger partial charge is 0.358 e. The molecule has 4 N–H and O–H groups in total. The molecule has 8 nitrogen and oxygen atoms in total. The first-order valence-electron chi connectivity index (χ1n) is 5.97. The molecule has 0 aromatic carbocycles. The minimum atomic E-state index is -1.12. The predicted molar refractivity (Wildman–Crippen MR) is 67.5 cm³/mol. The molecule has 0 aliphatic rings. The number of hydrogen-bond donors (Lipinski definition) is 3. The molecule has 106 valence electrons. The number of carboxylic acids is 1. The fraction of sp³-hybridized carbons (Fsp3) is 0.636. The van der Waals surface area contributed by atoms with Crippen molar-refractivity contribution in [3.8, 4) is 0 Å². The quantitative estimate of drug-likeness (QED) is 0.619. The van der Waals surface area contributed by atoms with Crippen LogP contribution in [-0.4, -0.2) is 44.1 Å². The third-order valence-electron chi connectivity index (χ3n) is 2.42. The molecule has 0 saturated carbocycles. The molecule has 0 radical (unpaired) electrons. The summed E-state index contributed by atoms with van der Waals surface area (Å²) in [6, 6.07) is 0. The van der Waals surface area contributed by atoms with E-state index >= 15 is 0 Å². The zero-order valence-corrected chi connectivity index (χ0v) is 11.1. The van der Waals surface area contributed by atoms with Gasteiger partial charge in [-0.3, -0.25) is 4.79 Å². The summed E-state index contributed by atoms with van der Waals surface area (Å²) >= 11 is 0. The molecule has 0 aliphatic carbocycles. The number of nitrogens with one attached hydrogen (secondary N) is 1. The molecule has 0 fully saturated rings. The average Bonchev–Trinajstić information content (AvgIpc) is 2.74. The van der Waals surface area contributed by atoms with Gasteiger partial charge in [-0.1, -0.05) is 5.21 Å². The summed E-state index contributed by atoms with van der Waals surface area (Å²) in [6.07, 6.45) is 2.28. The summed E-state index contributed by atoms with van der Waals surface area (Å²) in [5.41, 5.74) is 5.30. The second-order valence-electron chi connectivity index (χ2n) is 5.01. The molecular weight excluding hydrogens is 250 g/mol. The van der Waals surface area contributed by atoms with E-state index in [9.17, 15) is 9.59 Å². The second-order valence-corrected chi connectivity index (χ2v) is 5.01. The van der Waals surface area contributed by atoms with E-state index in [4.69, 9.17) is 10.8 Å². The van der Waals surface area contributed by atoms with Crippen molar-refractivity contribution in [3.63, 3.8) is 0 Å². The minimum Gasteiger partial charge on any atom is -0.476 e. The number of amides is 1. The lowest BCUT2D eigenvalue weighted by molar-refractivity contribution is -0.121. The lowest BCUT2D eigenvalue weighted by atomic mass is 10.00. The lowest BCUT2D eigenvalue weighted by Crippen LogP contribution is -2.35. The van der Waals surface area contributed by atoms with Crippen molar-refractivity contribution in [1.29, 1.82) is 0 Å². The van der Waals surface area contributed by atoms with Crippen molar-refractivity contribution >= 4 is 11.9 Å². The van der Waals surface area contributed by atoms with Crippen molar-refractivity contribution in [1.82, 2.24) is 20.3 Å². The summed E-state index contributed by atoms with van der Waals surface area (Å²) in [6.45, 7) is 4.47. The fourth-order valence-corrected chi connectivity index (χ4v) is 1.34. The number of rotatable bonds is 7. The summed E-state index contributed by atoms with van der Waals surface area (Å²) < 4.78 is 1.37. The molecular formula is C11H19N5O3. The van der Waals surface area contributed by atoms with Gasteiger partial charge in [-0.15, -0.1) is 5.10 Å². The third-order valence-corrected chi connectivity index (χ3v) is 2.42. The van der Waals surface area contributed by atoms with E-state index in [1.165, 1.54) is 10.9 Å². The van der Waals surface area contributed by atoms with Gasteiger partial charge in [0.2, 0.25) is 5.91 Å². The lowest BCUT2D eigenvalue weighted by Gasteiger charge is -2.17. The highest BCUT2D eigenvalue weighted by atomic mass is 16.4. The average molecular weight is 269 g/mol. The summed E-state index contributed by atoms with van der Waals surface area (Å²) in [5.74, 6) is -1.21. The van der Waals surface area contributed by atoms with Gasteiger partial charge < -0.3 is 16.2 Å².